The first kappa shape index (κ1) is 19.4. The number of thioether (sulfide) groups is 1. The average Bonchev–Trinajstić information content (AvgIpc) is 3.29. The molecule has 2 aromatic heterocycles. The van der Waals surface area contributed by atoms with Crippen molar-refractivity contribution < 1.29 is 13.9 Å². The van der Waals surface area contributed by atoms with Gasteiger partial charge in [-0.1, -0.05) is 30.0 Å². The molecule has 0 bridgehead atoms. The van der Waals surface area contributed by atoms with Gasteiger partial charge >= 0.3 is 0 Å². The molecular weight excluding hydrogens is 384 g/mol. The Morgan fingerprint density at radius 2 is 2.15 bits per heavy atom. The number of aromatic nitrogens is 3. The van der Waals surface area contributed by atoms with Crippen LogP contribution in [0.4, 0.5) is 0 Å². The third-order valence-corrected chi connectivity index (χ3v) is 5.42. The maximum Gasteiger partial charge on any atom is 0.277 e. The van der Waals surface area contributed by atoms with Crippen molar-refractivity contribution in [3.63, 3.8) is 0 Å². The largest absolute Gasteiger partial charge is 0.496 e. The van der Waals surface area contributed by atoms with Crippen LogP contribution in [-0.2, 0) is 17.8 Å². The van der Waals surface area contributed by atoms with Crippen LogP contribution in [0.5, 0.6) is 5.75 Å². The minimum atomic E-state index is -0.0271. The second-order valence-corrected chi connectivity index (χ2v) is 7.84. The molecule has 1 amide bonds. The van der Waals surface area contributed by atoms with Gasteiger partial charge in [-0.2, -0.15) is 0 Å². The summed E-state index contributed by atoms with van der Waals surface area (Å²) < 4.78 is 10.9. The maximum absolute atomic E-state index is 12.4. The number of benzene rings is 1. The van der Waals surface area contributed by atoms with Gasteiger partial charge in [-0.15, -0.1) is 21.5 Å². The Labute approximate surface area is 165 Å². The molecular formula is C18H20N4O3S2. The van der Waals surface area contributed by atoms with E-state index in [0.717, 1.165) is 22.0 Å². The monoisotopic (exact) mass is 404 g/mol. The number of thiazole rings is 1. The number of ether oxygens (including phenoxy) is 1. The number of nitrogens with zero attached hydrogens (tertiary/aromatic N) is 4. The predicted molar refractivity (Wildman–Crippen MR) is 104 cm³/mol. The van der Waals surface area contributed by atoms with E-state index in [9.17, 15) is 4.79 Å². The van der Waals surface area contributed by atoms with Crippen LogP contribution >= 0.6 is 23.1 Å². The highest BCUT2D eigenvalue weighted by molar-refractivity contribution is 7.99. The average molecular weight is 405 g/mol. The lowest BCUT2D eigenvalue weighted by molar-refractivity contribution is -0.127. The van der Waals surface area contributed by atoms with E-state index in [2.05, 4.69) is 15.2 Å². The van der Waals surface area contributed by atoms with Gasteiger partial charge in [0.1, 0.15) is 5.75 Å². The summed E-state index contributed by atoms with van der Waals surface area (Å²) >= 11 is 2.82. The Morgan fingerprint density at radius 3 is 2.89 bits per heavy atom. The smallest absolute Gasteiger partial charge is 0.277 e. The molecule has 0 unspecified atom stereocenters. The molecule has 0 N–H and O–H groups in total. The Morgan fingerprint density at radius 1 is 1.33 bits per heavy atom. The molecule has 0 aliphatic heterocycles. The van der Waals surface area contributed by atoms with Gasteiger partial charge in [0.2, 0.25) is 11.8 Å². The third-order valence-electron chi connectivity index (χ3n) is 3.79. The first-order valence-corrected chi connectivity index (χ1v) is 10.1. The molecule has 0 spiro atoms. The Kier molecular flexibility index (Phi) is 6.46. The second-order valence-electron chi connectivity index (χ2n) is 5.85. The van der Waals surface area contributed by atoms with E-state index in [4.69, 9.17) is 9.15 Å². The van der Waals surface area contributed by atoms with Crippen LogP contribution in [0.15, 0.2) is 39.3 Å². The van der Waals surface area contributed by atoms with Crippen LogP contribution in [0.25, 0.3) is 0 Å². The standard InChI is InChI=1S/C18H20N4O3S2/c1-12-19-14(10-26-12)8-16-20-21-18(25-16)27-11-17(23)22(2)9-13-6-4-5-7-15(13)24-3/h4-7,10H,8-9,11H2,1-3H3. The topological polar surface area (TPSA) is 81.4 Å². The molecule has 0 radical (unpaired) electrons. The highest BCUT2D eigenvalue weighted by atomic mass is 32.2. The zero-order valence-corrected chi connectivity index (χ0v) is 17.0. The van der Waals surface area contributed by atoms with Crippen molar-refractivity contribution in [1.29, 1.82) is 0 Å². The highest BCUT2D eigenvalue weighted by Crippen LogP contribution is 2.21. The molecule has 7 nitrogen and oxygen atoms in total. The van der Waals surface area contributed by atoms with Crippen LogP contribution in [0.1, 0.15) is 22.2 Å². The van der Waals surface area contributed by atoms with Crippen LogP contribution in [0.3, 0.4) is 0 Å². The third kappa shape index (κ3) is 5.30. The van der Waals surface area contributed by atoms with E-state index in [0.29, 0.717) is 24.1 Å². The van der Waals surface area contributed by atoms with Gasteiger partial charge in [-0.05, 0) is 13.0 Å². The molecule has 0 aliphatic carbocycles. The van der Waals surface area contributed by atoms with Gasteiger partial charge in [0.25, 0.3) is 5.22 Å². The fourth-order valence-corrected chi connectivity index (χ4v) is 3.76. The minimum Gasteiger partial charge on any atom is -0.496 e. The quantitative estimate of drug-likeness (QED) is 0.533. The molecule has 9 heteroatoms. The molecule has 0 atom stereocenters. The minimum absolute atomic E-state index is 0.0271. The van der Waals surface area contributed by atoms with Crippen molar-refractivity contribution in [3.8, 4) is 5.75 Å². The molecule has 2 heterocycles. The molecule has 0 saturated carbocycles. The lowest BCUT2D eigenvalue weighted by Crippen LogP contribution is -2.28. The Balaban J connectivity index is 1.51. The summed E-state index contributed by atoms with van der Waals surface area (Å²) in [5, 5.41) is 11.4. The van der Waals surface area contributed by atoms with Crippen LogP contribution < -0.4 is 4.74 Å². The normalized spacial score (nSPS) is 10.8. The zero-order valence-electron chi connectivity index (χ0n) is 15.3. The van der Waals surface area contributed by atoms with Crippen molar-refractivity contribution in [3.05, 3.63) is 51.8 Å². The van der Waals surface area contributed by atoms with Crippen molar-refractivity contribution in [2.75, 3.05) is 19.9 Å². The van der Waals surface area contributed by atoms with Gasteiger partial charge in [0.05, 0.1) is 30.0 Å². The van der Waals surface area contributed by atoms with Crippen molar-refractivity contribution in [2.24, 2.45) is 0 Å². The number of para-hydroxylation sites is 1. The number of hydrogen-bond donors (Lipinski definition) is 0. The number of hydrogen-bond acceptors (Lipinski definition) is 8. The van der Waals surface area contributed by atoms with Crippen molar-refractivity contribution >= 4 is 29.0 Å². The molecule has 1 aromatic carbocycles. The van der Waals surface area contributed by atoms with E-state index >= 15 is 0 Å². The summed E-state index contributed by atoms with van der Waals surface area (Å²) in [6.07, 6.45) is 0.500. The zero-order chi connectivity index (χ0) is 19.2. The van der Waals surface area contributed by atoms with E-state index in [1.807, 2.05) is 36.6 Å². The number of carbonyl (C=O) groups excluding carboxylic acids is 1. The van der Waals surface area contributed by atoms with Gasteiger partial charge < -0.3 is 14.1 Å². The molecule has 27 heavy (non-hydrogen) atoms. The molecule has 0 aliphatic rings. The van der Waals surface area contributed by atoms with Gasteiger partial charge in [-0.3, -0.25) is 4.79 Å². The molecule has 0 fully saturated rings. The first-order chi connectivity index (χ1) is 13.0. The fourth-order valence-electron chi connectivity index (χ4n) is 2.42. The van der Waals surface area contributed by atoms with E-state index in [-0.39, 0.29) is 11.7 Å². The van der Waals surface area contributed by atoms with Gasteiger partial charge in [0, 0.05) is 24.5 Å². The number of rotatable bonds is 8. The van der Waals surface area contributed by atoms with Crippen molar-refractivity contribution in [2.45, 2.75) is 25.1 Å². The number of carbonyl (C=O) groups is 1. The highest BCUT2D eigenvalue weighted by Gasteiger charge is 2.15. The number of methoxy groups -OCH3 is 1. The van der Waals surface area contributed by atoms with Crippen LogP contribution in [0.2, 0.25) is 0 Å². The summed E-state index contributed by atoms with van der Waals surface area (Å²) in [6, 6.07) is 7.65. The first-order valence-electron chi connectivity index (χ1n) is 8.27. The van der Waals surface area contributed by atoms with Gasteiger partial charge in [0.15, 0.2) is 0 Å². The summed E-state index contributed by atoms with van der Waals surface area (Å²) in [5.41, 5.74) is 1.87. The van der Waals surface area contributed by atoms with Crippen molar-refractivity contribution in [1.82, 2.24) is 20.1 Å². The predicted octanol–water partition coefficient (Wildman–Crippen LogP) is 3.18. The molecule has 0 saturated heterocycles. The Hall–Kier alpha value is -2.39. The summed E-state index contributed by atoms with van der Waals surface area (Å²) in [7, 11) is 3.38. The summed E-state index contributed by atoms with van der Waals surface area (Å²) in [6.45, 7) is 2.43. The van der Waals surface area contributed by atoms with Crippen LogP contribution in [-0.4, -0.2) is 45.9 Å². The number of amides is 1. The van der Waals surface area contributed by atoms with E-state index in [1.165, 1.54) is 11.8 Å². The van der Waals surface area contributed by atoms with E-state index in [1.54, 1.807) is 30.4 Å². The lowest BCUT2D eigenvalue weighted by atomic mass is 10.2. The summed E-state index contributed by atoms with van der Waals surface area (Å²) in [4.78, 5) is 18.4. The second kappa shape index (κ2) is 9.01. The van der Waals surface area contributed by atoms with E-state index < -0.39 is 0 Å². The van der Waals surface area contributed by atoms with Crippen LogP contribution in [0, 0.1) is 6.92 Å². The summed E-state index contributed by atoms with van der Waals surface area (Å²) in [5.74, 6) is 1.46. The molecule has 142 valence electrons. The lowest BCUT2D eigenvalue weighted by Gasteiger charge is -2.18. The number of aryl methyl sites for hydroxylation is 1. The van der Waals surface area contributed by atoms with Gasteiger partial charge in [-0.25, -0.2) is 4.98 Å². The molecule has 3 aromatic rings. The molecule has 3 rings (SSSR count). The fraction of sp³-hybridized carbons (Fsp3) is 0.333. The maximum atomic E-state index is 12.4. The SMILES string of the molecule is COc1ccccc1CN(C)C(=O)CSc1nnc(Cc2csc(C)n2)o1. The Bertz CT molecular complexity index is 909.